The van der Waals surface area contributed by atoms with Gasteiger partial charge >= 0.3 is 5.97 Å². The molecular weight excluding hydrogens is 336 g/mol. The Kier molecular flexibility index (Phi) is 4.44. The van der Waals surface area contributed by atoms with Gasteiger partial charge in [0.15, 0.2) is 11.6 Å². The summed E-state index contributed by atoms with van der Waals surface area (Å²) in [5, 5.41) is 9.81. The van der Waals surface area contributed by atoms with Crippen LogP contribution in [0.2, 0.25) is 0 Å². The second kappa shape index (κ2) is 6.52. The van der Waals surface area contributed by atoms with E-state index in [1.807, 2.05) is 12.3 Å². The molecule has 2 aromatic carbocycles. The Bertz CT molecular complexity index is 924. The normalized spacial score (nSPS) is 11.0. The molecule has 0 unspecified atom stereocenters. The van der Waals surface area contributed by atoms with Crippen molar-refractivity contribution >= 4 is 28.6 Å². The highest BCUT2D eigenvalue weighted by Crippen LogP contribution is 2.36. The van der Waals surface area contributed by atoms with Crippen molar-refractivity contribution in [2.24, 2.45) is 0 Å². The van der Waals surface area contributed by atoms with Gasteiger partial charge in [0.25, 0.3) is 0 Å². The molecule has 24 heavy (non-hydrogen) atoms. The van der Waals surface area contributed by atoms with Crippen molar-refractivity contribution in [1.82, 2.24) is 4.98 Å². The van der Waals surface area contributed by atoms with Crippen LogP contribution in [0.25, 0.3) is 10.9 Å². The lowest BCUT2D eigenvalue weighted by atomic mass is 10.1. The quantitative estimate of drug-likeness (QED) is 0.694. The Morgan fingerprint density at radius 3 is 2.75 bits per heavy atom. The topological polar surface area (TPSA) is 62.3 Å². The van der Waals surface area contributed by atoms with Crippen molar-refractivity contribution in [3.8, 4) is 11.5 Å². The Morgan fingerprint density at radius 2 is 2.04 bits per heavy atom. The third kappa shape index (κ3) is 2.94. The van der Waals surface area contributed by atoms with Crippen LogP contribution in [0.5, 0.6) is 11.5 Å². The van der Waals surface area contributed by atoms with Crippen LogP contribution in [0.1, 0.15) is 15.9 Å². The van der Waals surface area contributed by atoms with Crippen LogP contribution in [-0.2, 0) is 5.75 Å². The molecule has 1 aromatic heterocycles. The van der Waals surface area contributed by atoms with E-state index in [4.69, 9.17) is 9.84 Å². The van der Waals surface area contributed by atoms with E-state index >= 15 is 0 Å². The SMILES string of the molecule is CSCc1c(Oc2ccc(F)c(C(=O)O)c2)c(F)cc2[nH]ccc12. The third-order valence-electron chi connectivity index (χ3n) is 3.54. The molecule has 0 saturated carbocycles. The summed E-state index contributed by atoms with van der Waals surface area (Å²) in [6.07, 6.45) is 3.59. The summed E-state index contributed by atoms with van der Waals surface area (Å²) in [6.45, 7) is 0. The first-order chi connectivity index (χ1) is 11.5. The maximum Gasteiger partial charge on any atom is 0.338 e. The minimum atomic E-state index is -1.41. The van der Waals surface area contributed by atoms with Crippen LogP contribution in [-0.4, -0.2) is 22.3 Å². The van der Waals surface area contributed by atoms with Crippen LogP contribution < -0.4 is 4.74 Å². The minimum Gasteiger partial charge on any atom is -0.478 e. The van der Waals surface area contributed by atoms with E-state index in [1.54, 1.807) is 6.20 Å². The zero-order chi connectivity index (χ0) is 17.3. The Balaban J connectivity index is 2.09. The predicted molar refractivity (Wildman–Crippen MR) is 88.9 cm³/mol. The molecular formula is C17H13F2NO3S. The van der Waals surface area contributed by atoms with Crippen molar-refractivity contribution in [3.05, 3.63) is 59.3 Å². The van der Waals surface area contributed by atoms with Crippen molar-refractivity contribution in [3.63, 3.8) is 0 Å². The summed E-state index contributed by atoms with van der Waals surface area (Å²) in [5.74, 6) is -2.28. The lowest BCUT2D eigenvalue weighted by Gasteiger charge is -2.13. The number of halogens is 2. The summed E-state index contributed by atoms with van der Waals surface area (Å²) in [6, 6.07) is 6.43. The smallest absolute Gasteiger partial charge is 0.338 e. The molecule has 0 bridgehead atoms. The molecule has 0 amide bonds. The molecule has 3 aromatic rings. The number of aromatic carboxylic acids is 1. The molecule has 0 aliphatic heterocycles. The number of carboxylic acid groups (broad SMARTS) is 1. The number of hydrogen-bond acceptors (Lipinski definition) is 3. The predicted octanol–water partition coefficient (Wildman–Crippen LogP) is 4.80. The van der Waals surface area contributed by atoms with Gasteiger partial charge in [0, 0.05) is 34.5 Å². The zero-order valence-corrected chi connectivity index (χ0v) is 13.4. The van der Waals surface area contributed by atoms with Gasteiger partial charge in [-0.15, -0.1) is 0 Å². The van der Waals surface area contributed by atoms with E-state index < -0.39 is 23.2 Å². The standard InChI is InChI=1S/C17H13F2NO3S/c1-24-8-12-10-4-5-20-15(10)7-14(19)16(12)23-9-2-3-13(18)11(6-9)17(21)22/h2-7,20H,8H2,1H3,(H,21,22). The average molecular weight is 349 g/mol. The summed E-state index contributed by atoms with van der Waals surface area (Å²) in [5.41, 5.74) is 0.774. The Labute approximate surface area is 140 Å². The molecule has 0 aliphatic carbocycles. The van der Waals surface area contributed by atoms with Crippen molar-refractivity contribution in [1.29, 1.82) is 0 Å². The van der Waals surface area contributed by atoms with Gasteiger partial charge in [-0.1, -0.05) is 0 Å². The van der Waals surface area contributed by atoms with Crippen LogP contribution in [0.3, 0.4) is 0 Å². The van der Waals surface area contributed by atoms with Crippen molar-refractivity contribution in [2.75, 3.05) is 6.26 Å². The highest BCUT2D eigenvalue weighted by atomic mass is 32.2. The number of hydrogen-bond donors (Lipinski definition) is 2. The van der Waals surface area contributed by atoms with Gasteiger partial charge in [0.1, 0.15) is 11.6 Å². The number of fused-ring (bicyclic) bond motifs is 1. The van der Waals surface area contributed by atoms with E-state index in [9.17, 15) is 13.6 Å². The maximum atomic E-state index is 14.5. The molecule has 0 saturated heterocycles. The molecule has 124 valence electrons. The first-order valence-electron chi connectivity index (χ1n) is 6.99. The molecule has 0 radical (unpaired) electrons. The van der Waals surface area contributed by atoms with E-state index in [-0.39, 0.29) is 11.5 Å². The van der Waals surface area contributed by atoms with Crippen LogP contribution in [0, 0.1) is 11.6 Å². The molecule has 0 atom stereocenters. The lowest BCUT2D eigenvalue weighted by Crippen LogP contribution is -2.02. The van der Waals surface area contributed by atoms with Gasteiger partial charge < -0.3 is 14.8 Å². The van der Waals surface area contributed by atoms with Gasteiger partial charge in [0.05, 0.1) is 5.56 Å². The number of aromatic amines is 1. The third-order valence-corrected chi connectivity index (χ3v) is 4.12. The number of ether oxygens (including phenoxy) is 1. The molecule has 0 fully saturated rings. The number of carboxylic acids is 1. The number of benzene rings is 2. The fourth-order valence-corrected chi connectivity index (χ4v) is 3.05. The molecule has 1 heterocycles. The number of rotatable bonds is 5. The number of nitrogens with one attached hydrogen (secondary N) is 1. The van der Waals surface area contributed by atoms with Crippen LogP contribution in [0.15, 0.2) is 36.5 Å². The van der Waals surface area contributed by atoms with Gasteiger partial charge in [-0.25, -0.2) is 13.6 Å². The molecule has 3 rings (SSSR count). The summed E-state index contributed by atoms with van der Waals surface area (Å²) in [7, 11) is 0. The Morgan fingerprint density at radius 1 is 1.25 bits per heavy atom. The number of thioether (sulfide) groups is 1. The highest BCUT2D eigenvalue weighted by Gasteiger charge is 2.18. The Hall–Kier alpha value is -2.54. The van der Waals surface area contributed by atoms with Gasteiger partial charge in [-0.05, 0) is 30.5 Å². The van der Waals surface area contributed by atoms with Crippen molar-refractivity contribution in [2.45, 2.75) is 5.75 Å². The van der Waals surface area contributed by atoms with Gasteiger partial charge in [-0.3, -0.25) is 0 Å². The first kappa shape index (κ1) is 16.3. The van der Waals surface area contributed by atoms with E-state index in [2.05, 4.69) is 4.98 Å². The zero-order valence-electron chi connectivity index (χ0n) is 12.6. The van der Waals surface area contributed by atoms with Gasteiger partial charge in [0.2, 0.25) is 0 Å². The van der Waals surface area contributed by atoms with Crippen molar-refractivity contribution < 1.29 is 23.4 Å². The lowest BCUT2D eigenvalue weighted by molar-refractivity contribution is 0.0691. The largest absolute Gasteiger partial charge is 0.478 e. The van der Waals surface area contributed by atoms with Gasteiger partial charge in [-0.2, -0.15) is 11.8 Å². The fourth-order valence-electron chi connectivity index (χ4n) is 2.47. The minimum absolute atomic E-state index is 0.0133. The van der Waals surface area contributed by atoms with Crippen LogP contribution >= 0.6 is 11.8 Å². The van der Waals surface area contributed by atoms with E-state index in [1.165, 1.54) is 23.9 Å². The molecule has 4 nitrogen and oxygen atoms in total. The number of carbonyl (C=O) groups is 1. The first-order valence-corrected chi connectivity index (χ1v) is 8.38. The average Bonchev–Trinajstić information content (AvgIpc) is 3.00. The second-order valence-electron chi connectivity index (χ2n) is 5.09. The molecule has 2 N–H and O–H groups in total. The maximum absolute atomic E-state index is 14.5. The number of aromatic nitrogens is 1. The monoisotopic (exact) mass is 349 g/mol. The number of H-pyrrole nitrogens is 1. The fraction of sp³-hybridized carbons (Fsp3) is 0.118. The molecule has 0 aliphatic rings. The summed E-state index contributed by atoms with van der Waals surface area (Å²) >= 11 is 1.50. The highest BCUT2D eigenvalue weighted by molar-refractivity contribution is 7.97. The van der Waals surface area contributed by atoms with Crippen LogP contribution in [0.4, 0.5) is 8.78 Å². The molecule has 7 heteroatoms. The summed E-state index contributed by atoms with van der Waals surface area (Å²) in [4.78, 5) is 14.0. The molecule has 0 spiro atoms. The van der Waals surface area contributed by atoms with E-state index in [0.29, 0.717) is 16.8 Å². The summed E-state index contributed by atoms with van der Waals surface area (Å²) < 4.78 is 33.5. The van der Waals surface area contributed by atoms with E-state index in [0.717, 1.165) is 17.5 Å². The second-order valence-corrected chi connectivity index (χ2v) is 5.95.